The van der Waals surface area contributed by atoms with Crippen LogP contribution in [0.2, 0.25) is 0 Å². The first-order valence-corrected chi connectivity index (χ1v) is 15.6. The number of nitrogens with zero attached hydrogens (tertiary/aromatic N) is 1. The quantitative estimate of drug-likeness (QED) is 0.269. The van der Waals surface area contributed by atoms with E-state index in [0.717, 1.165) is 54.1 Å². The second kappa shape index (κ2) is 12.6. The van der Waals surface area contributed by atoms with E-state index in [9.17, 15) is 9.59 Å². The number of esters is 1. The fraction of sp³-hybridized carbons (Fsp3) is 0.606. The number of cyclic esters (lactones) is 1. The molecular formula is C33H45NO5S. The molecule has 40 heavy (non-hydrogen) atoms. The van der Waals surface area contributed by atoms with Gasteiger partial charge in [-0.3, -0.25) is 9.59 Å². The van der Waals surface area contributed by atoms with Crippen LogP contribution in [0.15, 0.2) is 41.3 Å². The number of aromatic nitrogens is 1. The highest BCUT2D eigenvalue weighted by Crippen LogP contribution is 2.59. The average molecular weight is 568 g/mol. The molecule has 0 spiro atoms. The molecule has 0 radical (unpaired) electrons. The van der Waals surface area contributed by atoms with Crippen LogP contribution in [-0.4, -0.2) is 34.0 Å². The molecule has 0 N–H and O–H groups in total. The van der Waals surface area contributed by atoms with Gasteiger partial charge in [-0.2, -0.15) is 0 Å². The van der Waals surface area contributed by atoms with Gasteiger partial charge in [-0.15, -0.1) is 11.3 Å². The Hall–Kier alpha value is -2.51. The summed E-state index contributed by atoms with van der Waals surface area (Å²) in [5.41, 5.74) is -0.182. The third-order valence-corrected chi connectivity index (χ3v) is 10.2. The molecule has 0 amide bonds. The molecule has 2 aromatic rings. The van der Waals surface area contributed by atoms with Crippen molar-refractivity contribution in [3.63, 3.8) is 0 Å². The Kier molecular flexibility index (Phi) is 9.56. The van der Waals surface area contributed by atoms with Gasteiger partial charge in [0.15, 0.2) is 0 Å². The number of thiazole rings is 1. The van der Waals surface area contributed by atoms with Gasteiger partial charge in [-0.05, 0) is 63.8 Å². The molecule has 4 atom stereocenters. The summed E-state index contributed by atoms with van der Waals surface area (Å²) in [5.74, 6) is 0.393. The summed E-state index contributed by atoms with van der Waals surface area (Å²) >= 11 is 1.55. The van der Waals surface area contributed by atoms with Crippen LogP contribution in [0, 0.1) is 11.3 Å². The van der Waals surface area contributed by atoms with Gasteiger partial charge >= 0.3 is 5.97 Å². The lowest BCUT2D eigenvalue weighted by atomic mass is 9.63. The van der Waals surface area contributed by atoms with Gasteiger partial charge in [-0.1, -0.05) is 58.2 Å². The Morgan fingerprint density at radius 1 is 1.05 bits per heavy atom. The highest BCUT2D eigenvalue weighted by Gasteiger charge is 2.68. The molecule has 2 saturated heterocycles. The van der Waals surface area contributed by atoms with Gasteiger partial charge < -0.3 is 14.2 Å². The summed E-state index contributed by atoms with van der Waals surface area (Å²) in [4.78, 5) is 30.7. The van der Waals surface area contributed by atoms with Crippen LogP contribution in [0.5, 0.6) is 5.75 Å². The first-order valence-electron chi connectivity index (χ1n) is 14.7. The van der Waals surface area contributed by atoms with Crippen molar-refractivity contribution >= 4 is 29.2 Å². The molecule has 1 aromatic carbocycles. The number of benzene rings is 1. The Bertz CT molecular complexity index is 1200. The van der Waals surface area contributed by atoms with E-state index in [-0.39, 0.29) is 23.8 Å². The average Bonchev–Trinajstić information content (AvgIpc) is 3.40. The molecule has 2 fully saturated rings. The van der Waals surface area contributed by atoms with Gasteiger partial charge in [0.2, 0.25) is 0 Å². The maximum atomic E-state index is 13.5. The lowest BCUT2D eigenvalue weighted by Crippen LogP contribution is -2.55. The van der Waals surface area contributed by atoms with E-state index < -0.39 is 16.6 Å². The number of fused-ring (bicyclic) bond motifs is 1. The maximum Gasteiger partial charge on any atom is 0.309 e. The molecule has 7 heteroatoms. The Labute approximate surface area is 243 Å². The monoisotopic (exact) mass is 567 g/mol. The third-order valence-electron chi connectivity index (χ3n) is 9.41. The minimum absolute atomic E-state index is 0.112. The van der Waals surface area contributed by atoms with E-state index in [1.54, 1.807) is 11.3 Å². The van der Waals surface area contributed by atoms with Crippen LogP contribution in [0.4, 0.5) is 0 Å². The SMILES string of the molecule is CC(=Cc1csc(COc2ccccc2)n1)C1(C)OC(=O)C(C)CCC(=O)CCCCCCC2OC2(C)C1(C)C. The van der Waals surface area contributed by atoms with Gasteiger partial charge in [-0.25, -0.2) is 4.98 Å². The van der Waals surface area contributed by atoms with E-state index >= 15 is 0 Å². The third kappa shape index (κ3) is 6.68. The molecule has 6 nitrogen and oxygen atoms in total. The lowest BCUT2D eigenvalue weighted by Gasteiger charge is -2.47. The zero-order valence-electron chi connectivity index (χ0n) is 25.0. The number of carbonyl (C=O) groups excluding carboxylic acids is 2. The van der Waals surface area contributed by atoms with Crippen LogP contribution >= 0.6 is 11.3 Å². The number of carbonyl (C=O) groups is 2. The van der Waals surface area contributed by atoms with Gasteiger partial charge in [0.25, 0.3) is 0 Å². The summed E-state index contributed by atoms with van der Waals surface area (Å²) in [6, 6.07) is 9.71. The summed E-state index contributed by atoms with van der Waals surface area (Å²) in [5, 5.41) is 2.88. The van der Waals surface area contributed by atoms with Crippen molar-refractivity contribution < 1.29 is 23.8 Å². The van der Waals surface area contributed by atoms with Gasteiger partial charge in [0.05, 0.1) is 17.7 Å². The summed E-state index contributed by atoms with van der Waals surface area (Å²) in [6.45, 7) is 12.7. The topological polar surface area (TPSA) is 78.0 Å². The Balaban J connectivity index is 1.59. The number of hydrogen-bond donors (Lipinski definition) is 0. The molecule has 4 rings (SSSR count). The predicted molar refractivity (Wildman–Crippen MR) is 159 cm³/mol. The van der Waals surface area contributed by atoms with Crippen LogP contribution < -0.4 is 4.74 Å². The van der Waals surface area contributed by atoms with Gasteiger partial charge in [0.1, 0.15) is 34.3 Å². The molecule has 1 aromatic heterocycles. The summed E-state index contributed by atoms with van der Waals surface area (Å²) in [7, 11) is 0. The summed E-state index contributed by atoms with van der Waals surface area (Å²) in [6.07, 6.45) is 8.76. The molecule has 3 heterocycles. The molecule has 0 aliphatic carbocycles. The fourth-order valence-electron chi connectivity index (χ4n) is 5.73. The molecule has 0 saturated carbocycles. The first kappa shape index (κ1) is 30.4. The number of ketones is 1. The van der Waals surface area contributed by atoms with E-state index in [2.05, 4.69) is 20.8 Å². The van der Waals surface area contributed by atoms with Crippen molar-refractivity contribution in [2.24, 2.45) is 11.3 Å². The summed E-state index contributed by atoms with van der Waals surface area (Å²) < 4.78 is 18.7. The van der Waals surface area contributed by atoms with Crippen molar-refractivity contribution in [2.75, 3.05) is 0 Å². The van der Waals surface area contributed by atoms with E-state index in [1.807, 2.05) is 62.6 Å². The number of ether oxygens (including phenoxy) is 3. The standard InChI is InChI=1S/C33H45NO5S/c1-23-18-19-26(35)14-10-7-8-13-17-28-33(6,38-28)31(3,4)32(5,39-30(23)36)24(2)20-25-22-40-29(34-25)21-37-27-15-11-9-12-16-27/h9,11-12,15-16,20,22-23,28H,7-8,10,13-14,17-19,21H2,1-6H3. The van der Waals surface area contributed by atoms with Crippen molar-refractivity contribution in [1.29, 1.82) is 0 Å². The number of epoxide rings is 1. The van der Waals surface area contributed by atoms with E-state index in [1.165, 1.54) is 0 Å². The second-order valence-electron chi connectivity index (χ2n) is 12.3. The lowest BCUT2D eigenvalue weighted by molar-refractivity contribution is -0.174. The van der Waals surface area contributed by atoms with Crippen molar-refractivity contribution in [3.8, 4) is 5.75 Å². The minimum Gasteiger partial charge on any atom is -0.486 e. The van der Waals surface area contributed by atoms with Crippen LogP contribution in [0.1, 0.15) is 104 Å². The highest BCUT2D eigenvalue weighted by atomic mass is 32.1. The zero-order chi connectivity index (χ0) is 29.0. The predicted octanol–water partition coefficient (Wildman–Crippen LogP) is 7.95. The number of rotatable bonds is 5. The molecule has 2 aliphatic rings. The van der Waals surface area contributed by atoms with Crippen molar-refractivity contribution in [1.82, 2.24) is 4.98 Å². The molecular weight excluding hydrogens is 522 g/mol. The van der Waals surface area contributed by atoms with Crippen molar-refractivity contribution in [2.45, 2.75) is 117 Å². The normalized spacial score (nSPS) is 30.3. The smallest absolute Gasteiger partial charge is 0.309 e. The zero-order valence-corrected chi connectivity index (χ0v) is 25.8. The Morgan fingerprint density at radius 2 is 1.77 bits per heavy atom. The minimum atomic E-state index is -0.951. The fourth-order valence-corrected chi connectivity index (χ4v) is 6.39. The Morgan fingerprint density at radius 3 is 2.52 bits per heavy atom. The second-order valence-corrected chi connectivity index (χ2v) is 13.3. The maximum absolute atomic E-state index is 13.5. The number of hydrogen-bond acceptors (Lipinski definition) is 7. The van der Waals surface area contributed by atoms with Crippen LogP contribution in [-0.2, 0) is 25.7 Å². The molecule has 218 valence electrons. The molecule has 0 bridgehead atoms. The molecule has 4 unspecified atom stereocenters. The van der Waals surface area contributed by atoms with Crippen LogP contribution in [0.25, 0.3) is 6.08 Å². The van der Waals surface area contributed by atoms with Crippen LogP contribution in [0.3, 0.4) is 0 Å². The number of para-hydroxylation sites is 1. The highest BCUT2D eigenvalue weighted by molar-refractivity contribution is 7.09. The van der Waals surface area contributed by atoms with Gasteiger partial charge in [0, 0.05) is 23.6 Å². The largest absolute Gasteiger partial charge is 0.486 e. The van der Waals surface area contributed by atoms with Crippen molar-refractivity contribution in [3.05, 3.63) is 52.0 Å². The molecule has 2 aliphatic heterocycles. The number of Topliss-reactive ketones (excluding diaryl/α,β-unsaturated/α-hetero) is 1. The van der Waals surface area contributed by atoms with E-state index in [4.69, 9.17) is 19.2 Å². The first-order chi connectivity index (χ1) is 19.0. The van der Waals surface area contributed by atoms with E-state index in [0.29, 0.717) is 25.9 Å².